The predicted octanol–water partition coefficient (Wildman–Crippen LogP) is -2.26. The van der Waals surface area contributed by atoms with Gasteiger partial charge in [-0.2, -0.15) is 0 Å². The van der Waals surface area contributed by atoms with E-state index in [0.717, 1.165) is 19.8 Å². The third-order valence-electron chi connectivity index (χ3n) is 1.44. The Balaban J connectivity index is 0.00000121. The lowest BCUT2D eigenvalue weighted by Gasteiger charge is -2.01. The molecule has 3 nitrogen and oxygen atoms in total. The number of nitrogens with zero attached hydrogens (tertiary/aromatic N) is 2. The quantitative estimate of drug-likeness (QED) is 0.403. The maximum absolute atomic E-state index is 5.20. The molecule has 69 valence electrons. The molecule has 0 saturated carbocycles. The van der Waals surface area contributed by atoms with Crippen molar-refractivity contribution in [1.29, 1.82) is 0 Å². The Hall–Kier alpha value is -0.350. The van der Waals surface area contributed by atoms with Crippen molar-refractivity contribution in [2.75, 3.05) is 26.8 Å². The van der Waals surface area contributed by atoms with E-state index in [2.05, 4.69) is 6.67 Å². The third-order valence-corrected chi connectivity index (χ3v) is 1.44. The van der Waals surface area contributed by atoms with Crippen molar-refractivity contribution in [2.24, 2.45) is 0 Å². The molecule has 0 saturated heterocycles. The summed E-state index contributed by atoms with van der Waals surface area (Å²) in [6, 6.07) is 0. The van der Waals surface area contributed by atoms with Gasteiger partial charge in [0.05, 0.1) is 32.6 Å². The van der Waals surface area contributed by atoms with Crippen LogP contribution in [0, 0.1) is 6.67 Å². The van der Waals surface area contributed by atoms with Crippen molar-refractivity contribution >= 4 is 0 Å². The molecule has 0 N–H and O–H groups in total. The van der Waals surface area contributed by atoms with E-state index in [1.54, 1.807) is 0 Å². The molecule has 0 bridgehead atoms. The minimum atomic E-state index is 0. The van der Waals surface area contributed by atoms with Crippen LogP contribution in [0.5, 0.6) is 0 Å². The Bertz CT molecular complexity index is 141. The minimum Gasteiger partial charge on any atom is -1.00 e. The van der Waals surface area contributed by atoms with Gasteiger partial charge in [-0.1, -0.05) is 0 Å². The minimum absolute atomic E-state index is 0. The number of hydrogen-bond acceptors (Lipinski definition) is 3. The molecule has 0 aromatic carbocycles. The van der Waals surface area contributed by atoms with Crippen LogP contribution in [0.4, 0.5) is 0 Å². The van der Waals surface area contributed by atoms with Crippen LogP contribution >= 0.6 is 0 Å². The zero-order valence-electron chi connectivity index (χ0n) is 7.46. The molecule has 12 heavy (non-hydrogen) atoms. The zero-order valence-corrected chi connectivity index (χ0v) is 9.04. The molecule has 0 spiro atoms. The van der Waals surface area contributed by atoms with Crippen molar-refractivity contribution in [2.45, 2.75) is 6.92 Å². The van der Waals surface area contributed by atoms with E-state index in [-0.39, 0.29) is 17.0 Å². The van der Waals surface area contributed by atoms with Gasteiger partial charge in [-0.15, -0.1) is 9.80 Å². The lowest BCUT2D eigenvalue weighted by atomic mass is 10.6. The molecule has 0 unspecified atom stereocenters. The van der Waals surface area contributed by atoms with E-state index in [0.29, 0.717) is 0 Å². The number of halogens is 1. The molecule has 1 aliphatic rings. The van der Waals surface area contributed by atoms with Crippen molar-refractivity contribution in [3.8, 4) is 0 Å². The standard InChI is InChI=1S/C8H14N2O.BrH/c1-3-11-7-6-10-5-4-9(2)8-10;/h4-5H,3,6-7H2,1-2H3;1H/q+1;/p-1. The van der Waals surface area contributed by atoms with Gasteiger partial charge in [0.1, 0.15) is 0 Å². The average Bonchev–Trinajstić information content (AvgIpc) is 2.37. The Morgan fingerprint density at radius 3 is 2.67 bits per heavy atom. The molecule has 1 heterocycles. The lowest BCUT2D eigenvalue weighted by molar-refractivity contribution is -0.00000319. The SMILES string of the molecule is CCOCCN1[C+]N(C)C=C1.[Br-]. The monoisotopic (exact) mass is 233 g/mol. The number of ether oxygens (including phenoxy) is 1. The van der Waals surface area contributed by atoms with Crippen LogP contribution in [0.15, 0.2) is 12.4 Å². The van der Waals surface area contributed by atoms with Gasteiger partial charge in [-0.3, -0.25) is 0 Å². The van der Waals surface area contributed by atoms with Crippen molar-refractivity contribution in [1.82, 2.24) is 9.80 Å². The van der Waals surface area contributed by atoms with Crippen LogP contribution in [0.25, 0.3) is 0 Å². The van der Waals surface area contributed by atoms with Gasteiger partial charge in [0.15, 0.2) is 0 Å². The van der Waals surface area contributed by atoms with E-state index in [9.17, 15) is 0 Å². The van der Waals surface area contributed by atoms with Gasteiger partial charge >= 0.3 is 6.67 Å². The highest BCUT2D eigenvalue weighted by Crippen LogP contribution is 2.06. The van der Waals surface area contributed by atoms with Crippen LogP contribution in [0.1, 0.15) is 6.92 Å². The van der Waals surface area contributed by atoms with Gasteiger partial charge in [0, 0.05) is 6.61 Å². The Labute approximate surface area is 84.7 Å². The summed E-state index contributed by atoms with van der Waals surface area (Å²) in [7, 11) is 1.96. The maximum Gasteiger partial charge on any atom is 0.564 e. The van der Waals surface area contributed by atoms with Gasteiger partial charge in [0.25, 0.3) is 0 Å². The summed E-state index contributed by atoms with van der Waals surface area (Å²) in [6.45, 7) is 7.52. The summed E-state index contributed by atoms with van der Waals surface area (Å²) in [4.78, 5) is 3.88. The molecular weight excluding hydrogens is 220 g/mol. The van der Waals surface area contributed by atoms with Gasteiger partial charge in [0.2, 0.25) is 0 Å². The highest BCUT2D eigenvalue weighted by Gasteiger charge is 2.26. The summed E-state index contributed by atoms with van der Waals surface area (Å²) < 4.78 is 5.20. The molecule has 0 aromatic heterocycles. The van der Waals surface area contributed by atoms with Crippen LogP contribution in [0.2, 0.25) is 0 Å². The number of hydrogen-bond donors (Lipinski definition) is 0. The first-order chi connectivity index (χ1) is 5.33. The van der Waals surface area contributed by atoms with E-state index in [1.807, 2.05) is 36.2 Å². The van der Waals surface area contributed by atoms with Crippen molar-refractivity contribution in [3.05, 3.63) is 19.1 Å². The molecule has 1 radical (unpaired) electrons. The Morgan fingerprint density at radius 2 is 2.17 bits per heavy atom. The lowest BCUT2D eigenvalue weighted by Crippen LogP contribution is -3.00. The average molecular weight is 234 g/mol. The van der Waals surface area contributed by atoms with Crippen LogP contribution in [-0.4, -0.2) is 36.6 Å². The fraction of sp³-hybridized carbons (Fsp3) is 0.625. The molecule has 1 aliphatic heterocycles. The van der Waals surface area contributed by atoms with Crippen LogP contribution in [-0.2, 0) is 4.74 Å². The summed E-state index contributed by atoms with van der Waals surface area (Å²) in [5.41, 5.74) is 0. The highest BCUT2D eigenvalue weighted by molar-refractivity contribution is 4.94. The molecule has 0 aromatic rings. The second kappa shape index (κ2) is 6.20. The van der Waals surface area contributed by atoms with Crippen LogP contribution in [0.3, 0.4) is 0 Å². The molecule has 0 fully saturated rings. The summed E-state index contributed by atoms with van der Waals surface area (Å²) >= 11 is 0. The third kappa shape index (κ3) is 3.88. The molecule has 0 aliphatic carbocycles. The van der Waals surface area contributed by atoms with E-state index < -0.39 is 0 Å². The highest BCUT2D eigenvalue weighted by atomic mass is 79.9. The predicted molar refractivity (Wildman–Crippen MR) is 43.3 cm³/mol. The van der Waals surface area contributed by atoms with Gasteiger partial charge < -0.3 is 21.7 Å². The Kier molecular flexibility index (Phi) is 6.02. The maximum atomic E-state index is 5.20. The van der Waals surface area contributed by atoms with E-state index in [4.69, 9.17) is 4.74 Å². The number of rotatable bonds is 4. The van der Waals surface area contributed by atoms with E-state index in [1.165, 1.54) is 0 Å². The second-order valence-corrected chi connectivity index (χ2v) is 2.40. The second-order valence-electron chi connectivity index (χ2n) is 2.40. The largest absolute Gasteiger partial charge is 1.00 e. The molecule has 4 heteroatoms. The molecule has 0 atom stereocenters. The summed E-state index contributed by atoms with van der Waals surface area (Å²) in [6.07, 6.45) is 3.95. The fourth-order valence-corrected chi connectivity index (χ4v) is 0.882. The topological polar surface area (TPSA) is 15.7 Å². The Morgan fingerprint density at radius 1 is 1.42 bits per heavy atom. The van der Waals surface area contributed by atoms with Crippen LogP contribution < -0.4 is 17.0 Å². The summed E-state index contributed by atoms with van der Waals surface area (Å²) in [5, 5.41) is 0. The van der Waals surface area contributed by atoms with Gasteiger partial charge in [-0.05, 0) is 6.92 Å². The molecular formula is C8H14BrN2O. The smallest absolute Gasteiger partial charge is 0.564 e. The van der Waals surface area contributed by atoms with Gasteiger partial charge in [-0.25, -0.2) is 0 Å². The molecule has 0 amide bonds. The molecule has 1 rings (SSSR count). The zero-order chi connectivity index (χ0) is 8.10. The normalized spacial score (nSPS) is 14.5. The summed E-state index contributed by atoms with van der Waals surface area (Å²) in [5.74, 6) is 0. The fourth-order valence-electron chi connectivity index (χ4n) is 0.882. The first-order valence-electron chi connectivity index (χ1n) is 3.84. The van der Waals surface area contributed by atoms with E-state index >= 15 is 0 Å². The first kappa shape index (κ1) is 11.6. The first-order valence-corrected chi connectivity index (χ1v) is 3.84. The van der Waals surface area contributed by atoms with Crippen molar-refractivity contribution in [3.63, 3.8) is 0 Å². The van der Waals surface area contributed by atoms with Crippen molar-refractivity contribution < 1.29 is 21.7 Å².